The molecule has 0 aliphatic rings. The molecule has 0 aliphatic carbocycles. The quantitative estimate of drug-likeness (QED) is 0.775. The molecule has 0 atom stereocenters. The van der Waals surface area contributed by atoms with Gasteiger partial charge in [-0.15, -0.1) is 0 Å². The van der Waals surface area contributed by atoms with Gasteiger partial charge >= 0.3 is 0 Å². The average Bonchev–Trinajstić information content (AvgIpc) is 2.47. The first-order chi connectivity index (χ1) is 7.85. The van der Waals surface area contributed by atoms with Gasteiger partial charge in [-0.2, -0.15) is 0 Å². The van der Waals surface area contributed by atoms with Crippen molar-refractivity contribution in [1.82, 2.24) is 9.88 Å². The normalized spacial score (nSPS) is 12.1. The molecule has 0 radical (unpaired) electrons. The molecule has 0 unspecified atom stereocenters. The van der Waals surface area contributed by atoms with Gasteiger partial charge < -0.3 is 9.88 Å². The highest BCUT2D eigenvalue weighted by molar-refractivity contribution is 5.26. The Hall–Kier alpha value is -0.760. The van der Waals surface area contributed by atoms with Gasteiger partial charge in [0.15, 0.2) is 0 Å². The van der Waals surface area contributed by atoms with Gasteiger partial charge in [-0.25, -0.2) is 0 Å². The second kappa shape index (κ2) is 5.72. The molecule has 98 valence electrons. The molecule has 0 aromatic carbocycles. The lowest BCUT2D eigenvalue weighted by Crippen LogP contribution is -2.36. The lowest BCUT2D eigenvalue weighted by Gasteiger charge is -2.20. The number of nitrogens with one attached hydrogen (secondary N) is 1. The van der Waals surface area contributed by atoms with Crippen molar-refractivity contribution in [2.24, 2.45) is 0 Å². The summed E-state index contributed by atoms with van der Waals surface area (Å²) in [6.45, 7) is 15.5. The molecule has 0 saturated heterocycles. The number of aromatic nitrogens is 1. The molecule has 1 N–H and O–H groups in total. The molecule has 1 aromatic rings. The van der Waals surface area contributed by atoms with Gasteiger partial charge in [0.05, 0.1) is 0 Å². The molecule has 1 rings (SSSR count). The Bertz CT molecular complexity index is 356. The van der Waals surface area contributed by atoms with E-state index in [0.29, 0.717) is 0 Å². The number of hydrogen-bond acceptors (Lipinski definition) is 1. The van der Waals surface area contributed by atoms with Crippen molar-refractivity contribution in [2.75, 3.05) is 6.54 Å². The van der Waals surface area contributed by atoms with Crippen LogP contribution in [0.3, 0.4) is 0 Å². The van der Waals surface area contributed by atoms with E-state index in [1.165, 1.54) is 29.8 Å². The van der Waals surface area contributed by atoms with E-state index in [1.807, 2.05) is 0 Å². The third-order valence-corrected chi connectivity index (χ3v) is 3.27. The zero-order valence-corrected chi connectivity index (χ0v) is 12.4. The maximum atomic E-state index is 3.54. The van der Waals surface area contributed by atoms with Gasteiger partial charge in [0.1, 0.15) is 0 Å². The van der Waals surface area contributed by atoms with Crippen molar-refractivity contribution in [3.8, 4) is 0 Å². The fourth-order valence-corrected chi connectivity index (χ4v) is 2.35. The Morgan fingerprint density at radius 2 is 1.88 bits per heavy atom. The highest BCUT2D eigenvalue weighted by Gasteiger charge is 2.09. The van der Waals surface area contributed by atoms with E-state index in [0.717, 1.165) is 13.1 Å². The minimum Gasteiger partial charge on any atom is -0.349 e. The predicted octanol–water partition coefficient (Wildman–Crippen LogP) is 3.45. The van der Waals surface area contributed by atoms with Gasteiger partial charge in [0.2, 0.25) is 0 Å². The number of rotatable bonds is 5. The topological polar surface area (TPSA) is 17.0 Å². The van der Waals surface area contributed by atoms with Crippen LogP contribution in [0.2, 0.25) is 0 Å². The minimum absolute atomic E-state index is 0.236. The fraction of sp³-hybridized carbons (Fsp3) is 0.733. The van der Waals surface area contributed by atoms with Gasteiger partial charge in [0.25, 0.3) is 0 Å². The minimum atomic E-state index is 0.236. The molecule has 0 bridgehead atoms. The highest BCUT2D eigenvalue weighted by atomic mass is 15.0. The highest BCUT2D eigenvalue weighted by Crippen LogP contribution is 2.16. The summed E-state index contributed by atoms with van der Waals surface area (Å²) in [6.07, 6.45) is 2.40. The van der Waals surface area contributed by atoms with Crippen LogP contribution in [0.1, 0.15) is 51.1 Å². The van der Waals surface area contributed by atoms with E-state index in [1.54, 1.807) is 0 Å². The number of nitrogens with zero attached hydrogens (tertiary/aromatic N) is 1. The van der Waals surface area contributed by atoms with Crippen LogP contribution in [0.15, 0.2) is 6.07 Å². The summed E-state index contributed by atoms with van der Waals surface area (Å²) in [5.41, 5.74) is 4.59. The SMILES string of the molecule is CCn1c(C)cc(CCCNC(C)(C)C)c1C. The molecule has 0 fully saturated rings. The maximum Gasteiger partial charge on any atom is 0.0196 e. The van der Waals surface area contributed by atoms with E-state index in [-0.39, 0.29) is 5.54 Å². The molecule has 0 saturated carbocycles. The summed E-state index contributed by atoms with van der Waals surface area (Å²) >= 11 is 0. The Labute approximate surface area is 106 Å². The van der Waals surface area contributed by atoms with Crippen LogP contribution in [0.4, 0.5) is 0 Å². The van der Waals surface area contributed by atoms with E-state index in [2.05, 4.69) is 57.5 Å². The molecule has 0 spiro atoms. The van der Waals surface area contributed by atoms with Crippen molar-refractivity contribution in [2.45, 2.75) is 66.5 Å². The van der Waals surface area contributed by atoms with E-state index < -0.39 is 0 Å². The second-order valence-corrected chi connectivity index (χ2v) is 5.92. The van der Waals surface area contributed by atoms with Gasteiger partial charge in [-0.05, 0) is 72.6 Å². The first-order valence-corrected chi connectivity index (χ1v) is 6.76. The molecule has 2 nitrogen and oxygen atoms in total. The lowest BCUT2D eigenvalue weighted by molar-refractivity contribution is 0.422. The Balaban J connectivity index is 2.47. The lowest BCUT2D eigenvalue weighted by atomic mass is 10.1. The molecular weight excluding hydrogens is 208 g/mol. The Kier molecular flexibility index (Phi) is 4.81. The van der Waals surface area contributed by atoms with Crippen LogP contribution >= 0.6 is 0 Å². The monoisotopic (exact) mass is 236 g/mol. The number of hydrogen-bond donors (Lipinski definition) is 1. The van der Waals surface area contributed by atoms with Crippen LogP contribution < -0.4 is 5.32 Å². The standard InChI is InChI=1S/C15H28N2/c1-7-17-12(2)11-14(13(17)3)9-8-10-16-15(4,5)6/h11,16H,7-10H2,1-6H3. The molecule has 2 heteroatoms. The maximum absolute atomic E-state index is 3.54. The number of aryl methyl sites for hydroxylation is 2. The Morgan fingerprint density at radius 1 is 1.24 bits per heavy atom. The van der Waals surface area contributed by atoms with Crippen LogP contribution in [-0.4, -0.2) is 16.7 Å². The molecule has 1 heterocycles. The van der Waals surface area contributed by atoms with Crippen molar-refractivity contribution in [3.63, 3.8) is 0 Å². The van der Waals surface area contributed by atoms with Crippen molar-refractivity contribution in [1.29, 1.82) is 0 Å². The molecule has 1 aromatic heterocycles. The predicted molar refractivity (Wildman–Crippen MR) is 75.7 cm³/mol. The summed E-state index contributed by atoms with van der Waals surface area (Å²) in [5, 5.41) is 3.54. The van der Waals surface area contributed by atoms with Gasteiger partial charge in [0, 0.05) is 23.5 Å². The second-order valence-electron chi connectivity index (χ2n) is 5.92. The van der Waals surface area contributed by atoms with Crippen LogP contribution in [0.25, 0.3) is 0 Å². The smallest absolute Gasteiger partial charge is 0.0196 e. The third kappa shape index (κ3) is 4.19. The summed E-state index contributed by atoms with van der Waals surface area (Å²) in [6, 6.07) is 2.34. The van der Waals surface area contributed by atoms with Crippen LogP contribution in [0.5, 0.6) is 0 Å². The van der Waals surface area contributed by atoms with Gasteiger partial charge in [-0.3, -0.25) is 0 Å². The molecule has 0 amide bonds. The summed E-state index contributed by atoms with van der Waals surface area (Å²) < 4.78 is 2.40. The van der Waals surface area contributed by atoms with E-state index in [9.17, 15) is 0 Å². The first-order valence-electron chi connectivity index (χ1n) is 6.76. The summed E-state index contributed by atoms with van der Waals surface area (Å²) in [4.78, 5) is 0. The first kappa shape index (κ1) is 14.3. The molecular formula is C15H28N2. The van der Waals surface area contributed by atoms with Crippen molar-refractivity contribution >= 4 is 0 Å². The largest absolute Gasteiger partial charge is 0.349 e. The zero-order chi connectivity index (χ0) is 13.1. The summed E-state index contributed by atoms with van der Waals surface area (Å²) in [5.74, 6) is 0. The summed E-state index contributed by atoms with van der Waals surface area (Å²) in [7, 11) is 0. The van der Waals surface area contributed by atoms with Crippen molar-refractivity contribution in [3.05, 3.63) is 23.0 Å². The van der Waals surface area contributed by atoms with Gasteiger partial charge in [-0.1, -0.05) is 0 Å². The van der Waals surface area contributed by atoms with Crippen molar-refractivity contribution < 1.29 is 0 Å². The third-order valence-electron chi connectivity index (χ3n) is 3.27. The van der Waals surface area contributed by atoms with E-state index >= 15 is 0 Å². The fourth-order valence-electron chi connectivity index (χ4n) is 2.35. The Morgan fingerprint density at radius 3 is 2.35 bits per heavy atom. The van der Waals surface area contributed by atoms with Crippen LogP contribution in [0, 0.1) is 13.8 Å². The van der Waals surface area contributed by atoms with E-state index in [4.69, 9.17) is 0 Å². The van der Waals surface area contributed by atoms with Crippen LogP contribution in [-0.2, 0) is 13.0 Å². The molecule has 0 aliphatic heterocycles. The molecule has 17 heavy (non-hydrogen) atoms. The average molecular weight is 236 g/mol. The zero-order valence-electron chi connectivity index (χ0n) is 12.4.